The molecule has 0 amide bonds. The molecule has 0 aromatic heterocycles. The summed E-state index contributed by atoms with van der Waals surface area (Å²) in [5, 5.41) is 3.68. The van der Waals surface area contributed by atoms with Crippen LogP contribution in [0.4, 0.5) is 0 Å². The fraction of sp³-hybridized carbons (Fsp3) is 1.00. The molecule has 0 bridgehead atoms. The molecule has 1 aliphatic heterocycles. The van der Waals surface area contributed by atoms with Crippen LogP contribution in [0.1, 0.15) is 40.0 Å². The zero-order valence-electron chi connectivity index (χ0n) is 9.88. The summed E-state index contributed by atoms with van der Waals surface area (Å²) in [6, 6.07) is 0.693. The Kier molecular flexibility index (Phi) is 5.49. The molecule has 1 atom stereocenters. The first-order valence-corrected chi connectivity index (χ1v) is 6.06. The van der Waals surface area contributed by atoms with Crippen LogP contribution < -0.4 is 5.32 Å². The van der Waals surface area contributed by atoms with Gasteiger partial charge in [-0.3, -0.25) is 0 Å². The molecule has 0 spiro atoms. The Morgan fingerprint density at radius 3 is 2.43 bits per heavy atom. The maximum Gasteiger partial charge on any atom is 0.0469 e. The van der Waals surface area contributed by atoms with Crippen molar-refractivity contribution in [3.8, 4) is 0 Å². The lowest BCUT2D eigenvalue weighted by atomic mass is 9.85. The fourth-order valence-electron chi connectivity index (χ4n) is 2.33. The molecule has 1 rings (SSSR count). The van der Waals surface area contributed by atoms with Gasteiger partial charge in [-0.25, -0.2) is 0 Å². The van der Waals surface area contributed by atoms with Crippen molar-refractivity contribution in [2.24, 2.45) is 11.8 Å². The Balaban J connectivity index is 2.39. The number of ether oxygens (including phenoxy) is 1. The summed E-state index contributed by atoms with van der Waals surface area (Å²) >= 11 is 0. The van der Waals surface area contributed by atoms with Crippen molar-refractivity contribution in [2.45, 2.75) is 46.1 Å². The van der Waals surface area contributed by atoms with Gasteiger partial charge in [-0.15, -0.1) is 0 Å². The van der Waals surface area contributed by atoms with E-state index in [0.717, 1.165) is 31.6 Å². The summed E-state index contributed by atoms with van der Waals surface area (Å²) in [7, 11) is 0. The fourth-order valence-corrected chi connectivity index (χ4v) is 2.33. The molecular formula is C12H25NO. The van der Waals surface area contributed by atoms with Crippen molar-refractivity contribution in [3.05, 3.63) is 0 Å². The number of hydrogen-bond donors (Lipinski definition) is 1. The summed E-state index contributed by atoms with van der Waals surface area (Å²) in [4.78, 5) is 0. The molecule has 2 heteroatoms. The Morgan fingerprint density at radius 1 is 1.29 bits per heavy atom. The van der Waals surface area contributed by atoms with E-state index in [1.807, 2.05) is 0 Å². The monoisotopic (exact) mass is 199 g/mol. The highest BCUT2D eigenvalue weighted by Gasteiger charge is 2.25. The normalized spacial score (nSPS) is 21.4. The van der Waals surface area contributed by atoms with E-state index in [-0.39, 0.29) is 0 Å². The van der Waals surface area contributed by atoms with Crippen LogP contribution in [0.5, 0.6) is 0 Å². The van der Waals surface area contributed by atoms with E-state index in [2.05, 4.69) is 26.1 Å². The summed E-state index contributed by atoms with van der Waals surface area (Å²) in [6.45, 7) is 9.95. The van der Waals surface area contributed by atoms with Gasteiger partial charge in [0.25, 0.3) is 0 Å². The largest absolute Gasteiger partial charge is 0.381 e. The highest BCUT2D eigenvalue weighted by Crippen LogP contribution is 2.23. The Morgan fingerprint density at radius 2 is 1.93 bits per heavy atom. The maximum atomic E-state index is 5.41. The standard InChI is InChI=1S/C12H25NO/c1-4-7-13-12(10(2)3)11-5-8-14-9-6-11/h10-13H,4-9H2,1-3H3. The summed E-state index contributed by atoms with van der Waals surface area (Å²) in [6.07, 6.45) is 3.70. The van der Waals surface area contributed by atoms with Crippen molar-refractivity contribution >= 4 is 0 Å². The van der Waals surface area contributed by atoms with Crippen molar-refractivity contribution < 1.29 is 4.74 Å². The van der Waals surface area contributed by atoms with E-state index in [9.17, 15) is 0 Å². The van der Waals surface area contributed by atoms with E-state index in [1.54, 1.807) is 0 Å². The van der Waals surface area contributed by atoms with Gasteiger partial charge in [0.15, 0.2) is 0 Å². The predicted octanol–water partition coefficient (Wildman–Crippen LogP) is 2.44. The number of hydrogen-bond acceptors (Lipinski definition) is 2. The van der Waals surface area contributed by atoms with Crippen LogP contribution in [-0.2, 0) is 4.74 Å². The number of nitrogens with one attached hydrogen (secondary N) is 1. The molecule has 0 aromatic carbocycles. The van der Waals surface area contributed by atoms with Gasteiger partial charge in [-0.05, 0) is 37.6 Å². The van der Waals surface area contributed by atoms with Gasteiger partial charge in [-0.1, -0.05) is 20.8 Å². The van der Waals surface area contributed by atoms with E-state index in [1.165, 1.54) is 19.3 Å². The van der Waals surface area contributed by atoms with Crippen molar-refractivity contribution in [1.29, 1.82) is 0 Å². The van der Waals surface area contributed by atoms with E-state index in [4.69, 9.17) is 4.74 Å². The van der Waals surface area contributed by atoms with Crippen LogP contribution >= 0.6 is 0 Å². The van der Waals surface area contributed by atoms with Gasteiger partial charge in [0.1, 0.15) is 0 Å². The molecule has 1 fully saturated rings. The molecule has 14 heavy (non-hydrogen) atoms. The quantitative estimate of drug-likeness (QED) is 0.734. The lowest BCUT2D eigenvalue weighted by Gasteiger charge is -2.33. The second-order valence-electron chi connectivity index (χ2n) is 4.67. The van der Waals surface area contributed by atoms with Gasteiger partial charge in [0.05, 0.1) is 0 Å². The Labute approximate surface area is 88.4 Å². The lowest BCUT2D eigenvalue weighted by molar-refractivity contribution is 0.0471. The van der Waals surface area contributed by atoms with Gasteiger partial charge < -0.3 is 10.1 Å². The van der Waals surface area contributed by atoms with Crippen LogP contribution in [0, 0.1) is 11.8 Å². The molecule has 84 valence electrons. The van der Waals surface area contributed by atoms with Gasteiger partial charge in [0.2, 0.25) is 0 Å². The topological polar surface area (TPSA) is 21.3 Å². The molecule has 1 heterocycles. The molecule has 0 aromatic rings. The van der Waals surface area contributed by atoms with Crippen LogP contribution in [0.2, 0.25) is 0 Å². The Bertz CT molecular complexity index is 141. The minimum atomic E-state index is 0.693. The number of rotatable bonds is 5. The summed E-state index contributed by atoms with van der Waals surface area (Å²) in [5.41, 5.74) is 0. The zero-order chi connectivity index (χ0) is 10.4. The average Bonchev–Trinajstić information content (AvgIpc) is 2.19. The smallest absolute Gasteiger partial charge is 0.0469 e. The minimum Gasteiger partial charge on any atom is -0.381 e. The molecule has 0 aliphatic carbocycles. The first-order valence-electron chi connectivity index (χ1n) is 6.06. The lowest BCUT2D eigenvalue weighted by Crippen LogP contribution is -2.43. The van der Waals surface area contributed by atoms with Crippen LogP contribution in [0.15, 0.2) is 0 Å². The minimum absolute atomic E-state index is 0.693. The van der Waals surface area contributed by atoms with E-state index >= 15 is 0 Å². The zero-order valence-corrected chi connectivity index (χ0v) is 9.88. The highest BCUT2D eigenvalue weighted by molar-refractivity contribution is 4.80. The summed E-state index contributed by atoms with van der Waals surface area (Å²) < 4.78 is 5.41. The van der Waals surface area contributed by atoms with E-state index in [0.29, 0.717) is 6.04 Å². The SMILES string of the molecule is CCCNC(C(C)C)C1CCOCC1. The van der Waals surface area contributed by atoms with Crippen molar-refractivity contribution in [2.75, 3.05) is 19.8 Å². The molecule has 1 saturated heterocycles. The molecule has 1 N–H and O–H groups in total. The molecule has 1 aliphatic rings. The van der Waals surface area contributed by atoms with Crippen molar-refractivity contribution in [1.82, 2.24) is 5.32 Å². The predicted molar refractivity (Wildman–Crippen MR) is 60.5 cm³/mol. The third-order valence-corrected chi connectivity index (χ3v) is 3.12. The second-order valence-corrected chi connectivity index (χ2v) is 4.67. The highest BCUT2D eigenvalue weighted by atomic mass is 16.5. The Hall–Kier alpha value is -0.0800. The first-order chi connectivity index (χ1) is 6.75. The summed E-state index contributed by atoms with van der Waals surface area (Å²) in [5.74, 6) is 1.57. The molecular weight excluding hydrogens is 174 g/mol. The second kappa shape index (κ2) is 6.41. The van der Waals surface area contributed by atoms with Crippen LogP contribution in [0.25, 0.3) is 0 Å². The average molecular weight is 199 g/mol. The van der Waals surface area contributed by atoms with Gasteiger partial charge in [0, 0.05) is 19.3 Å². The van der Waals surface area contributed by atoms with Crippen LogP contribution in [-0.4, -0.2) is 25.8 Å². The molecule has 2 nitrogen and oxygen atoms in total. The molecule has 1 unspecified atom stereocenters. The van der Waals surface area contributed by atoms with Gasteiger partial charge in [-0.2, -0.15) is 0 Å². The van der Waals surface area contributed by atoms with Crippen LogP contribution in [0.3, 0.4) is 0 Å². The third-order valence-electron chi connectivity index (χ3n) is 3.12. The molecule has 0 radical (unpaired) electrons. The first kappa shape index (κ1) is 12.0. The maximum absolute atomic E-state index is 5.41. The molecule has 0 saturated carbocycles. The van der Waals surface area contributed by atoms with Crippen molar-refractivity contribution in [3.63, 3.8) is 0 Å². The van der Waals surface area contributed by atoms with Gasteiger partial charge >= 0.3 is 0 Å². The van der Waals surface area contributed by atoms with E-state index < -0.39 is 0 Å². The third kappa shape index (κ3) is 3.58.